The summed E-state index contributed by atoms with van der Waals surface area (Å²) in [5.41, 5.74) is 7.12. The molecule has 1 amide bonds. The summed E-state index contributed by atoms with van der Waals surface area (Å²) in [5, 5.41) is 7.18. The molecule has 0 bridgehead atoms. The molecule has 0 fully saturated rings. The van der Waals surface area contributed by atoms with Crippen LogP contribution in [-0.4, -0.2) is 35.4 Å². The highest BCUT2D eigenvalue weighted by molar-refractivity contribution is 5.91. The van der Waals surface area contributed by atoms with Crippen LogP contribution in [0.25, 0.3) is 0 Å². The fourth-order valence-electron chi connectivity index (χ4n) is 1.70. The van der Waals surface area contributed by atoms with Gasteiger partial charge in [-0.25, -0.2) is 0 Å². The lowest BCUT2D eigenvalue weighted by molar-refractivity contribution is -0.118. The number of nitrogens with zero attached hydrogens (tertiary/aromatic N) is 2. The maximum Gasteiger partial charge on any atom is 0.227 e. The largest absolute Gasteiger partial charge is 0.380 e. The Bertz CT molecular complexity index is 397. The Morgan fingerprint density at radius 1 is 1.61 bits per heavy atom. The molecular formula is C12H22N4O2. The average Bonchev–Trinajstić information content (AvgIpc) is 2.67. The van der Waals surface area contributed by atoms with E-state index in [0.29, 0.717) is 6.54 Å². The van der Waals surface area contributed by atoms with Gasteiger partial charge in [-0.1, -0.05) is 13.8 Å². The number of aryl methyl sites for hydroxylation is 1. The number of carbonyl (C=O) groups is 1. The molecule has 0 aliphatic heterocycles. The number of hydrogen-bond donors (Lipinski definition) is 2. The molecular weight excluding hydrogens is 232 g/mol. The third-order valence-electron chi connectivity index (χ3n) is 2.69. The van der Waals surface area contributed by atoms with E-state index in [1.807, 2.05) is 20.9 Å². The summed E-state index contributed by atoms with van der Waals surface area (Å²) in [5.74, 6) is 0.149. The molecule has 6 heteroatoms. The highest BCUT2D eigenvalue weighted by Crippen LogP contribution is 2.22. The Labute approximate surface area is 107 Å². The van der Waals surface area contributed by atoms with E-state index in [9.17, 15) is 4.79 Å². The van der Waals surface area contributed by atoms with Crippen LogP contribution in [0.1, 0.15) is 31.9 Å². The van der Waals surface area contributed by atoms with Crippen LogP contribution in [-0.2, 0) is 16.6 Å². The van der Waals surface area contributed by atoms with E-state index in [0.717, 1.165) is 11.4 Å². The van der Waals surface area contributed by atoms with Crippen LogP contribution in [0.3, 0.4) is 0 Å². The molecule has 1 aromatic rings. The van der Waals surface area contributed by atoms with Gasteiger partial charge in [0.25, 0.3) is 0 Å². The average molecular weight is 254 g/mol. The van der Waals surface area contributed by atoms with Gasteiger partial charge in [-0.05, 0) is 5.92 Å². The lowest BCUT2D eigenvalue weighted by Crippen LogP contribution is -2.28. The molecule has 0 saturated heterocycles. The number of anilines is 1. The third kappa shape index (κ3) is 3.82. The number of hydrogen-bond acceptors (Lipinski definition) is 4. The van der Waals surface area contributed by atoms with Gasteiger partial charge < -0.3 is 15.8 Å². The molecule has 1 rings (SSSR count). The van der Waals surface area contributed by atoms with Crippen molar-refractivity contribution in [3.8, 4) is 0 Å². The molecule has 1 heterocycles. The Kier molecular flexibility index (Phi) is 5.30. The summed E-state index contributed by atoms with van der Waals surface area (Å²) in [7, 11) is 3.38. The predicted octanol–water partition coefficient (Wildman–Crippen LogP) is 0.846. The maximum atomic E-state index is 11.8. The fourth-order valence-corrected chi connectivity index (χ4v) is 1.70. The summed E-state index contributed by atoms with van der Waals surface area (Å²) >= 11 is 0. The van der Waals surface area contributed by atoms with Crippen molar-refractivity contribution in [2.24, 2.45) is 12.8 Å². The van der Waals surface area contributed by atoms with Gasteiger partial charge in [0.2, 0.25) is 5.91 Å². The molecule has 0 aliphatic rings. The van der Waals surface area contributed by atoms with Gasteiger partial charge in [0.15, 0.2) is 0 Å². The van der Waals surface area contributed by atoms with E-state index in [2.05, 4.69) is 10.4 Å². The van der Waals surface area contributed by atoms with Crippen molar-refractivity contribution in [2.75, 3.05) is 19.0 Å². The van der Waals surface area contributed by atoms with Crippen molar-refractivity contribution < 1.29 is 9.53 Å². The molecule has 0 radical (unpaired) electrons. The molecule has 0 saturated carbocycles. The van der Waals surface area contributed by atoms with Crippen molar-refractivity contribution >= 4 is 11.6 Å². The summed E-state index contributed by atoms with van der Waals surface area (Å²) in [6.07, 6.45) is 1.81. The molecule has 0 spiro atoms. The van der Waals surface area contributed by atoms with Gasteiger partial charge in [0, 0.05) is 26.9 Å². The van der Waals surface area contributed by atoms with Crippen LogP contribution >= 0.6 is 0 Å². The number of aromatic nitrogens is 2. The van der Waals surface area contributed by atoms with Crippen LogP contribution in [0.5, 0.6) is 0 Å². The molecule has 102 valence electrons. The Morgan fingerprint density at radius 2 is 2.28 bits per heavy atom. The monoisotopic (exact) mass is 254 g/mol. The van der Waals surface area contributed by atoms with E-state index in [1.54, 1.807) is 18.0 Å². The van der Waals surface area contributed by atoms with E-state index in [1.165, 1.54) is 0 Å². The fraction of sp³-hybridized carbons (Fsp3) is 0.667. The van der Waals surface area contributed by atoms with Gasteiger partial charge in [-0.2, -0.15) is 5.10 Å². The number of methoxy groups -OCH3 is 1. The molecule has 18 heavy (non-hydrogen) atoms. The lowest BCUT2D eigenvalue weighted by Gasteiger charge is -2.13. The topological polar surface area (TPSA) is 82.2 Å². The first-order chi connectivity index (χ1) is 8.47. The van der Waals surface area contributed by atoms with Gasteiger partial charge in [-0.15, -0.1) is 0 Å². The predicted molar refractivity (Wildman–Crippen MR) is 70.4 cm³/mol. The van der Waals surface area contributed by atoms with Crippen LogP contribution in [0.4, 0.5) is 5.69 Å². The zero-order valence-corrected chi connectivity index (χ0v) is 11.4. The highest BCUT2D eigenvalue weighted by atomic mass is 16.5. The summed E-state index contributed by atoms with van der Waals surface area (Å²) < 4.78 is 6.78. The second-order valence-electron chi connectivity index (χ2n) is 4.60. The van der Waals surface area contributed by atoms with Crippen molar-refractivity contribution in [1.29, 1.82) is 0 Å². The van der Waals surface area contributed by atoms with E-state index >= 15 is 0 Å². The van der Waals surface area contributed by atoms with Gasteiger partial charge in [0.05, 0.1) is 23.9 Å². The van der Waals surface area contributed by atoms with Crippen LogP contribution in [0, 0.1) is 0 Å². The first-order valence-electron chi connectivity index (χ1n) is 6.04. The number of rotatable bonds is 6. The smallest absolute Gasteiger partial charge is 0.227 e. The molecule has 3 N–H and O–H groups in total. The van der Waals surface area contributed by atoms with Crippen molar-refractivity contribution in [3.63, 3.8) is 0 Å². The standard InChI is InChI=1S/C12H22N4O2/c1-8(2)12-10(7-16(3)15-12)14-11(17)5-9(6-13)18-4/h7-9H,5-6,13H2,1-4H3,(H,14,17). The second kappa shape index (κ2) is 6.51. The van der Waals surface area contributed by atoms with E-state index in [4.69, 9.17) is 10.5 Å². The molecule has 0 aromatic carbocycles. The minimum Gasteiger partial charge on any atom is -0.380 e. The number of nitrogens with two attached hydrogens (primary N) is 1. The van der Waals surface area contributed by atoms with Crippen LogP contribution < -0.4 is 11.1 Å². The Balaban J connectivity index is 2.69. The number of nitrogens with one attached hydrogen (secondary N) is 1. The Hall–Kier alpha value is -1.40. The van der Waals surface area contributed by atoms with E-state index in [-0.39, 0.29) is 24.3 Å². The molecule has 1 aromatic heterocycles. The van der Waals surface area contributed by atoms with Crippen molar-refractivity contribution in [2.45, 2.75) is 32.3 Å². The normalized spacial score (nSPS) is 12.8. The number of ether oxygens (including phenoxy) is 1. The Morgan fingerprint density at radius 3 is 2.78 bits per heavy atom. The van der Waals surface area contributed by atoms with Gasteiger partial charge in [0.1, 0.15) is 0 Å². The lowest BCUT2D eigenvalue weighted by atomic mass is 10.1. The first kappa shape index (κ1) is 14.7. The summed E-state index contributed by atoms with van der Waals surface area (Å²) in [4.78, 5) is 11.8. The minimum absolute atomic E-state index is 0.109. The molecule has 6 nitrogen and oxygen atoms in total. The van der Waals surface area contributed by atoms with Crippen molar-refractivity contribution in [1.82, 2.24) is 9.78 Å². The van der Waals surface area contributed by atoms with Gasteiger partial charge >= 0.3 is 0 Å². The number of amides is 1. The van der Waals surface area contributed by atoms with Crippen molar-refractivity contribution in [3.05, 3.63) is 11.9 Å². The van der Waals surface area contributed by atoms with Gasteiger partial charge in [-0.3, -0.25) is 9.48 Å². The minimum atomic E-state index is -0.246. The van der Waals surface area contributed by atoms with Crippen LogP contribution in [0.15, 0.2) is 6.20 Å². The summed E-state index contributed by atoms with van der Waals surface area (Å²) in [6, 6.07) is 0. The molecule has 1 unspecified atom stereocenters. The number of carbonyl (C=O) groups excluding carboxylic acids is 1. The highest BCUT2D eigenvalue weighted by Gasteiger charge is 2.16. The zero-order valence-electron chi connectivity index (χ0n) is 11.4. The third-order valence-corrected chi connectivity index (χ3v) is 2.69. The zero-order chi connectivity index (χ0) is 13.7. The van der Waals surface area contributed by atoms with E-state index < -0.39 is 0 Å². The quantitative estimate of drug-likeness (QED) is 0.788. The summed E-state index contributed by atoms with van der Waals surface area (Å²) in [6.45, 7) is 4.40. The molecule has 0 aliphatic carbocycles. The first-order valence-corrected chi connectivity index (χ1v) is 6.04. The van der Waals surface area contributed by atoms with Crippen LogP contribution in [0.2, 0.25) is 0 Å². The SMILES string of the molecule is COC(CN)CC(=O)Nc1cn(C)nc1C(C)C. The maximum absolute atomic E-state index is 11.8. The molecule has 1 atom stereocenters. The second-order valence-corrected chi connectivity index (χ2v) is 4.60.